The fraction of sp³-hybridized carbons (Fsp3) is 0.333. The first-order valence-corrected chi connectivity index (χ1v) is 9.82. The predicted molar refractivity (Wildman–Crippen MR) is 111 cm³/mol. The van der Waals surface area contributed by atoms with Gasteiger partial charge in [-0.3, -0.25) is 4.79 Å². The van der Waals surface area contributed by atoms with Gasteiger partial charge in [0.2, 0.25) is 0 Å². The van der Waals surface area contributed by atoms with Gasteiger partial charge in [0.25, 0.3) is 5.91 Å². The maximum Gasteiger partial charge on any atom is 0.262 e. The van der Waals surface area contributed by atoms with Crippen molar-refractivity contribution in [1.29, 1.82) is 5.26 Å². The van der Waals surface area contributed by atoms with E-state index in [1.165, 1.54) is 0 Å². The average molecular weight is 418 g/mol. The Morgan fingerprint density at radius 1 is 1.39 bits per heavy atom. The highest BCUT2D eigenvalue weighted by molar-refractivity contribution is 6.34. The van der Waals surface area contributed by atoms with Gasteiger partial charge in [0.05, 0.1) is 16.8 Å². The number of amides is 1. The quantitative estimate of drug-likeness (QED) is 0.570. The molecule has 0 aliphatic carbocycles. The third-order valence-corrected chi connectivity index (χ3v) is 5.35. The summed E-state index contributed by atoms with van der Waals surface area (Å²) < 4.78 is 7.46. The number of aryl methyl sites for hydroxylation is 1. The number of hydrogen-bond donors (Lipinski definition) is 1. The summed E-state index contributed by atoms with van der Waals surface area (Å²) in [5.74, 6) is -0.399. The van der Waals surface area contributed by atoms with E-state index in [1.807, 2.05) is 30.6 Å². The largest absolute Gasteiger partial charge is 0.376 e. The molecule has 0 saturated carbocycles. The summed E-state index contributed by atoms with van der Waals surface area (Å²) in [5.41, 5.74) is 3.37. The van der Waals surface area contributed by atoms with Crippen LogP contribution in [0.2, 0.25) is 10.0 Å². The summed E-state index contributed by atoms with van der Waals surface area (Å²) in [6.07, 6.45) is 3.55. The van der Waals surface area contributed by atoms with E-state index in [9.17, 15) is 10.1 Å². The highest BCUT2D eigenvalue weighted by atomic mass is 35.5. The predicted octanol–water partition coefficient (Wildman–Crippen LogP) is 4.60. The van der Waals surface area contributed by atoms with Crippen LogP contribution in [-0.2, 0) is 9.53 Å². The SMILES string of the molecule is Cc1cc(/C=C(/C#N)C(=O)NCC2CCCO2)c(C)n1-c1cc(Cl)ccc1Cl. The number of ether oxygens (including phenoxy) is 1. The number of benzene rings is 1. The second kappa shape index (κ2) is 8.83. The van der Waals surface area contributed by atoms with Crippen LogP contribution in [-0.4, -0.2) is 29.7 Å². The van der Waals surface area contributed by atoms with Crippen molar-refractivity contribution in [2.24, 2.45) is 0 Å². The van der Waals surface area contributed by atoms with Crippen molar-refractivity contribution in [2.75, 3.05) is 13.2 Å². The maximum atomic E-state index is 12.4. The molecule has 28 heavy (non-hydrogen) atoms. The Morgan fingerprint density at radius 3 is 2.86 bits per heavy atom. The highest BCUT2D eigenvalue weighted by Crippen LogP contribution is 2.29. The van der Waals surface area contributed by atoms with E-state index in [2.05, 4.69) is 5.32 Å². The van der Waals surface area contributed by atoms with Gasteiger partial charge >= 0.3 is 0 Å². The topological polar surface area (TPSA) is 67.1 Å². The maximum absolute atomic E-state index is 12.4. The summed E-state index contributed by atoms with van der Waals surface area (Å²) in [5, 5.41) is 13.4. The van der Waals surface area contributed by atoms with Gasteiger partial charge in [0, 0.05) is 29.6 Å². The number of nitriles is 1. The third-order valence-electron chi connectivity index (χ3n) is 4.80. The van der Waals surface area contributed by atoms with Gasteiger partial charge in [-0.2, -0.15) is 5.26 Å². The second-order valence-electron chi connectivity index (χ2n) is 6.77. The van der Waals surface area contributed by atoms with E-state index in [-0.39, 0.29) is 11.7 Å². The van der Waals surface area contributed by atoms with E-state index in [1.54, 1.807) is 24.3 Å². The Labute approximate surface area is 174 Å². The molecule has 2 heterocycles. The molecule has 1 unspecified atom stereocenters. The number of hydrogen-bond acceptors (Lipinski definition) is 3. The zero-order valence-corrected chi connectivity index (χ0v) is 17.3. The van der Waals surface area contributed by atoms with Crippen LogP contribution in [0.5, 0.6) is 0 Å². The first-order valence-electron chi connectivity index (χ1n) is 9.06. The molecule has 1 aromatic carbocycles. The molecule has 1 atom stereocenters. The molecular formula is C21H21Cl2N3O2. The Bertz CT molecular complexity index is 967. The minimum absolute atomic E-state index is 0.0268. The fourth-order valence-electron chi connectivity index (χ4n) is 3.37. The molecule has 146 valence electrons. The van der Waals surface area contributed by atoms with Crippen molar-refractivity contribution in [2.45, 2.75) is 32.8 Å². The van der Waals surface area contributed by atoms with E-state index in [4.69, 9.17) is 27.9 Å². The molecule has 7 heteroatoms. The fourth-order valence-corrected chi connectivity index (χ4v) is 3.74. The van der Waals surface area contributed by atoms with Gasteiger partial charge in [-0.05, 0) is 62.6 Å². The highest BCUT2D eigenvalue weighted by Gasteiger charge is 2.19. The van der Waals surface area contributed by atoms with Gasteiger partial charge in [-0.25, -0.2) is 0 Å². The van der Waals surface area contributed by atoms with Crippen LogP contribution >= 0.6 is 23.2 Å². The Balaban J connectivity index is 1.87. The molecule has 1 amide bonds. The third kappa shape index (κ3) is 4.41. The standard InChI is InChI=1S/C21H21Cl2N3O2/c1-13-8-15(14(2)26(13)20-10-17(22)5-6-19(20)23)9-16(11-24)21(27)25-12-18-4-3-7-28-18/h5-6,8-10,18H,3-4,7,12H2,1-2H3,(H,25,27)/b16-9-. The monoisotopic (exact) mass is 417 g/mol. The second-order valence-corrected chi connectivity index (χ2v) is 7.62. The number of nitrogens with one attached hydrogen (secondary N) is 1. The lowest BCUT2D eigenvalue weighted by Crippen LogP contribution is -2.32. The lowest BCUT2D eigenvalue weighted by molar-refractivity contribution is -0.117. The molecular weight excluding hydrogens is 397 g/mol. The first-order chi connectivity index (χ1) is 13.4. The molecule has 0 radical (unpaired) electrons. The first kappa shape index (κ1) is 20.5. The van der Waals surface area contributed by atoms with Gasteiger partial charge < -0.3 is 14.6 Å². The van der Waals surface area contributed by atoms with Crippen molar-refractivity contribution in [3.05, 3.63) is 56.8 Å². The Kier molecular flexibility index (Phi) is 6.46. The zero-order chi connectivity index (χ0) is 20.3. The van der Waals surface area contributed by atoms with Crippen LogP contribution in [0.1, 0.15) is 29.8 Å². The number of rotatable bonds is 5. The summed E-state index contributed by atoms with van der Waals surface area (Å²) in [4.78, 5) is 12.4. The van der Waals surface area contributed by atoms with Gasteiger partial charge in [0.1, 0.15) is 11.6 Å². The summed E-state index contributed by atoms with van der Waals surface area (Å²) >= 11 is 12.5. The van der Waals surface area contributed by atoms with Gasteiger partial charge in [-0.15, -0.1) is 0 Å². The molecule has 1 fully saturated rings. The molecule has 1 aromatic heterocycles. The van der Waals surface area contributed by atoms with E-state index in [0.717, 1.165) is 42.1 Å². The number of halogens is 2. The summed E-state index contributed by atoms with van der Waals surface area (Å²) in [7, 11) is 0. The van der Waals surface area contributed by atoms with Gasteiger partial charge in [0.15, 0.2) is 0 Å². The number of nitrogens with zero attached hydrogens (tertiary/aromatic N) is 2. The van der Waals surface area contributed by atoms with Crippen molar-refractivity contribution in [3.63, 3.8) is 0 Å². The van der Waals surface area contributed by atoms with Crippen molar-refractivity contribution in [3.8, 4) is 11.8 Å². The van der Waals surface area contributed by atoms with Crippen LogP contribution < -0.4 is 5.32 Å². The average Bonchev–Trinajstić information content (AvgIpc) is 3.28. The number of carbonyl (C=O) groups is 1. The lowest BCUT2D eigenvalue weighted by Gasteiger charge is -2.12. The molecule has 1 saturated heterocycles. The molecule has 0 spiro atoms. The van der Waals surface area contributed by atoms with Crippen LogP contribution in [0.15, 0.2) is 29.8 Å². The normalized spacial score (nSPS) is 16.8. The molecule has 5 nitrogen and oxygen atoms in total. The molecule has 2 aromatic rings. The van der Waals surface area contributed by atoms with Crippen molar-refractivity contribution >= 4 is 35.2 Å². The van der Waals surface area contributed by atoms with E-state index >= 15 is 0 Å². The van der Waals surface area contributed by atoms with Gasteiger partial charge in [-0.1, -0.05) is 23.2 Å². The van der Waals surface area contributed by atoms with Crippen molar-refractivity contribution in [1.82, 2.24) is 9.88 Å². The smallest absolute Gasteiger partial charge is 0.262 e. The molecule has 1 aliphatic rings. The lowest BCUT2D eigenvalue weighted by atomic mass is 10.1. The van der Waals surface area contributed by atoms with Crippen LogP contribution in [0.3, 0.4) is 0 Å². The summed E-state index contributed by atoms with van der Waals surface area (Å²) in [6, 6.07) is 9.17. The number of aromatic nitrogens is 1. The Morgan fingerprint density at radius 2 is 2.18 bits per heavy atom. The van der Waals surface area contributed by atoms with Crippen LogP contribution in [0.25, 0.3) is 11.8 Å². The summed E-state index contributed by atoms with van der Waals surface area (Å²) in [6.45, 7) is 4.98. The van der Waals surface area contributed by atoms with E-state index in [0.29, 0.717) is 16.6 Å². The molecule has 3 rings (SSSR count). The Hall–Kier alpha value is -2.26. The molecule has 0 bridgehead atoms. The minimum atomic E-state index is -0.399. The zero-order valence-electron chi connectivity index (χ0n) is 15.8. The van der Waals surface area contributed by atoms with E-state index < -0.39 is 5.91 Å². The van der Waals surface area contributed by atoms with Crippen LogP contribution in [0.4, 0.5) is 0 Å². The number of carbonyl (C=O) groups excluding carboxylic acids is 1. The molecule has 1 aliphatic heterocycles. The van der Waals surface area contributed by atoms with Crippen molar-refractivity contribution < 1.29 is 9.53 Å². The minimum Gasteiger partial charge on any atom is -0.376 e. The van der Waals surface area contributed by atoms with Crippen LogP contribution in [0, 0.1) is 25.2 Å². The molecule has 1 N–H and O–H groups in total.